The summed E-state index contributed by atoms with van der Waals surface area (Å²) < 4.78 is 36.9. The number of amidine groups is 1. The Morgan fingerprint density at radius 1 is 1.40 bits per heavy atom. The van der Waals surface area contributed by atoms with Crippen LogP contribution < -0.4 is 10.1 Å². The minimum atomic E-state index is -0.903. The van der Waals surface area contributed by atoms with Gasteiger partial charge in [0, 0.05) is 11.6 Å². The first-order valence-electron chi connectivity index (χ1n) is 6.97. The van der Waals surface area contributed by atoms with Crippen molar-refractivity contribution in [1.29, 1.82) is 0 Å². The lowest BCUT2D eigenvalue weighted by Crippen LogP contribution is -2.19. The first-order chi connectivity index (χ1) is 12.0. The largest absolute Gasteiger partial charge is 0.488 e. The van der Waals surface area contributed by atoms with Crippen LogP contribution >= 0.6 is 11.8 Å². The summed E-state index contributed by atoms with van der Waals surface area (Å²) in [7, 11) is 1.18. The average Bonchev–Trinajstić information content (AvgIpc) is 2.93. The number of hydrogen-bond donors (Lipinski definition) is 1. The summed E-state index contributed by atoms with van der Waals surface area (Å²) in [5.74, 6) is -3.43. The van der Waals surface area contributed by atoms with Gasteiger partial charge in [-0.3, -0.25) is 10.1 Å². The van der Waals surface area contributed by atoms with Crippen LogP contribution in [0.4, 0.5) is 8.78 Å². The molecule has 0 bridgehead atoms. The second-order valence-corrected chi connectivity index (χ2v) is 5.48. The smallest absolute Gasteiger partial charge is 0.331 e. The molecule has 1 N–H and O–H groups in total. The Hall–Kier alpha value is -2.75. The molecule has 7 nitrogen and oxygen atoms in total. The number of hydrogen-bond acceptors (Lipinski definition) is 7. The van der Waals surface area contributed by atoms with E-state index in [0.29, 0.717) is 0 Å². The number of rotatable bonds is 5. The standard InChI is InChI=1S/C15H13F2N3O4S/c1-3-24-13-9(16)5-4-8(12(13)17)7-18-20-15-19-14(22)10(25-15)6-11(21)23-2/h4-7H,3H2,1-2H3,(H,19,20,22)/b10-6+,18-7?. The third-order valence-electron chi connectivity index (χ3n) is 2.81. The molecule has 132 valence electrons. The average molecular weight is 369 g/mol. The van der Waals surface area contributed by atoms with Crippen molar-refractivity contribution in [2.45, 2.75) is 6.92 Å². The highest BCUT2D eigenvalue weighted by atomic mass is 32.2. The summed E-state index contributed by atoms with van der Waals surface area (Å²) >= 11 is 0.873. The summed E-state index contributed by atoms with van der Waals surface area (Å²) in [6, 6.07) is 2.23. The van der Waals surface area contributed by atoms with Crippen LogP contribution in [0.2, 0.25) is 0 Å². The molecule has 1 aromatic rings. The Balaban J connectivity index is 2.15. The van der Waals surface area contributed by atoms with Crippen molar-refractivity contribution in [2.24, 2.45) is 10.2 Å². The number of carbonyl (C=O) groups excluding carboxylic acids is 2. The Kier molecular flexibility index (Phi) is 6.23. The molecule has 0 aromatic heterocycles. The fraction of sp³-hybridized carbons (Fsp3) is 0.200. The van der Waals surface area contributed by atoms with Gasteiger partial charge in [0.25, 0.3) is 5.91 Å². The van der Waals surface area contributed by atoms with Crippen molar-refractivity contribution in [3.8, 4) is 5.75 Å². The second kappa shape index (κ2) is 8.38. The predicted molar refractivity (Wildman–Crippen MR) is 88.4 cm³/mol. The Bertz CT molecular complexity index is 793. The molecule has 0 spiro atoms. The van der Waals surface area contributed by atoms with E-state index in [1.54, 1.807) is 6.92 Å². The number of nitrogens with zero attached hydrogens (tertiary/aromatic N) is 2. The third kappa shape index (κ3) is 4.63. The van der Waals surface area contributed by atoms with Gasteiger partial charge in [-0.1, -0.05) is 0 Å². The van der Waals surface area contributed by atoms with Crippen molar-refractivity contribution in [2.75, 3.05) is 13.7 Å². The van der Waals surface area contributed by atoms with Gasteiger partial charge in [-0.2, -0.15) is 5.10 Å². The van der Waals surface area contributed by atoms with Gasteiger partial charge in [0.05, 0.1) is 24.8 Å². The van der Waals surface area contributed by atoms with Crippen LogP contribution in [0.25, 0.3) is 0 Å². The van der Waals surface area contributed by atoms with Crippen LogP contribution in [-0.2, 0) is 14.3 Å². The number of nitrogens with one attached hydrogen (secondary N) is 1. The topological polar surface area (TPSA) is 89.4 Å². The van der Waals surface area contributed by atoms with Gasteiger partial charge in [0.1, 0.15) is 0 Å². The number of thioether (sulfide) groups is 1. The van der Waals surface area contributed by atoms with E-state index in [9.17, 15) is 18.4 Å². The molecule has 0 saturated carbocycles. The highest BCUT2D eigenvalue weighted by Gasteiger charge is 2.25. The van der Waals surface area contributed by atoms with E-state index in [0.717, 1.165) is 30.1 Å². The van der Waals surface area contributed by atoms with Crippen LogP contribution in [0, 0.1) is 11.6 Å². The highest BCUT2D eigenvalue weighted by Crippen LogP contribution is 2.25. The summed E-state index contributed by atoms with van der Waals surface area (Å²) in [6.07, 6.45) is 2.07. The number of halogens is 2. The Morgan fingerprint density at radius 2 is 2.16 bits per heavy atom. The molecule has 10 heteroatoms. The number of esters is 1. The monoisotopic (exact) mass is 369 g/mol. The molecule has 1 heterocycles. The fourth-order valence-electron chi connectivity index (χ4n) is 1.71. The molecule has 1 fully saturated rings. The maximum atomic E-state index is 14.1. The molecular formula is C15H13F2N3O4S. The second-order valence-electron chi connectivity index (χ2n) is 4.45. The molecule has 1 saturated heterocycles. The minimum Gasteiger partial charge on any atom is -0.488 e. The zero-order valence-corrected chi connectivity index (χ0v) is 14.0. The quantitative estimate of drug-likeness (QED) is 0.371. The maximum absolute atomic E-state index is 14.1. The van der Waals surface area contributed by atoms with Gasteiger partial charge in [-0.15, -0.1) is 5.10 Å². The summed E-state index contributed by atoms with van der Waals surface area (Å²) in [6.45, 7) is 1.71. The Morgan fingerprint density at radius 3 is 2.84 bits per heavy atom. The first-order valence-corrected chi connectivity index (χ1v) is 7.78. The normalized spacial score (nSPS) is 17.4. The van der Waals surface area contributed by atoms with Crippen LogP contribution in [0.15, 0.2) is 33.3 Å². The molecule has 0 atom stereocenters. The molecule has 1 aliphatic rings. The number of amides is 1. The fourth-order valence-corrected chi connectivity index (χ4v) is 2.45. The maximum Gasteiger partial charge on any atom is 0.331 e. The van der Waals surface area contributed by atoms with Crippen molar-refractivity contribution in [1.82, 2.24) is 5.32 Å². The lowest BCUT2D eigenvalue weighted by Gasteiger charge is -2.07. The van der Waals surface area contributed by atoms with E-state index in [1.807, 2.05) is 0 Å². The van der Waals surface area contributed by atoms with Gasteiger partial charge in [-0.05, 0) is 30.8 Å². The zero-order valence-electron chi connectivity index (χ0n) is 13.2. The van der Waals surface area contributed by atoms with E-state index in [1.165, 1.54) is 13.2 Å². The molecular weight excluding hydrogens is 356 g/mol. The molecule has 2 rings (SSSR count). The molecule has 1 aliphatic heterocycles. The van der Waals surface area contributed by atoms with Gasteiger partial charge >= 0.3 is 5.97 Å². The van der Waals surface area contributed by atoms with Crippen molar-refractivity contribution in [3.63, 3.8) is 0 Å². The lowest BCUT2D eigenvalue weighted by molar-refractivity contribution is -0.135. The highest BCUT2D eigenvalue weighted by molar-refractivity contribution is 8.18. The van der Waals surface area contributed by atoms with Crippen LogP contribution in [0.5, 0.6) is 5.75 Å². The van der Waals surface area contributed by atoms with Crippen LogP contribution in [-0.4, -0.2) is 37.0 Å². The lowest BCUT2D eigenvalue weighted by atomic mass is 10.2. The number of ether oxygens (including phenoxy) is 2. The molecule has 0 radical (unpaired) electrons. The van der Waals surface area contributed by atoms with E-state index in [-0.39, 0.29) is 22.2 Å². The van der Waals surface area contributed by atoms with E-state index < -0.39 is 29.3 Å². The predicted octanol–water partition coefficient (Wildman–Crippen LogP) is 1.97. The summed E-state index contributed by atoms with van der Waals surface area (Å²) in [5.41, 5.74) is -0.0335. The number of carbonyl (C=O) groups is 2. The van der Waals surface area contributed by atoms with Crippen molar-refractivity contribution >= 4 is 35.0 Å². The van der Waals surface area contributed by atoms with E-state index >= 15 is 0 Å². The zero-order chi connectivity index (χ0) is 18.4. The van der Waals surface area contributed by atoms with E-state index in [4.69, 9.17) is 4.74 Å². The van der Waals surface area contributed by atoms with Crippen LogP contribution in [0.1, 0.15) is 12.5 Å². The molecule has 0 aliphatic carbocycles. The number of methoxy groups -OCH3 is 1. The van der Waals surface area contributed by atoms with E-state index in [2.05, 4.69) is 20.3 Å². The molecule has 1 amide bonds. The summed E-state index contributed by atoms with van der Waals surface area (Å²) in [4.78, 5) is 22.8. The van der Waals surface area contributed by atoms with Crippen molar-refractivity contribution < 1.29 is 27.8 Å². The summed E-state index contributed by atoms with van der Waals surface area (Å²) in [5, 5.41) is 9.85. The molecule has 0 unspecified atom stereocenters. The van der Waals surface area contributed by atoms with Gasteiger partial charge in [-0.25, -0.2) is 13.6 Å². The molecule has 25 heavy (non-hydrogen) atoms. The third-order valence-corrected chi connectivity index (χ3v) is 3.71. The van der Waals surface area contributed by atoms with Crippen molar-refractivity contribution in [3.05, 3.63) is 40.3 Å². The number of benzene rings is 1. The molecule has 1 aromatic carbocycles. The van der Waals surface area contributed by atoms with Gasteiger partial charge < -0.3 is 9.47 Å². The minimum absolute atomic E-state index is 0.0335. The van der Waals surface area contributed by atoms with Gasteiger partial charge in [0.2, 0.25) is 0 Å². The van der Waals surface area contributed by atoms with Crippen LogP contribution in [0.3, 0.4) is 0 Å². The Labute approximate surface area is 145 Å². The first kappa shape index (κ1) is 18.6. The SMILES string of the molecule is CCOc1c(F)ccc(C=N/N=C2/NC(=O)/C(=C\C(=O)OC)S2)c1F. The van der Waals surface area contributed by atoms with Gasteiger partial charge in [0.15, 0.2) is 22.6 Å².